The van der Waals surface area contributed by atoms with Crippen LogP contribution in [0, 0.1) is 5.92 Å². The van der Waals surface area contributed by atoms with Gasteiger partial charge >= 0.3 is 7.12 Å². The number of rotatable bonds is 5. The highest BCUT2D eigenvalue weighted by atomic mass is 16.7. The Bertz CT molecular complexity index is 692. The Morgan fingerprint density at radius 1 is 1.25 bits per heavy atom. The molecule has 2 aliphatic rings. The molecule has 0 bridgehead atoms. The number of nitrogens with zero attached hydrogens (tertiary/aromatic N) is 4. The molecule has 154 valence electrons. The second kappa shape index (κ2) is 7.63. The van der Waals surface area contributed by atoms with Crippen molar-refractivity contribution in [3.05, 3.63) is 12.4 Å². The van der Waals surface area contributed by atoms with E-state index in [9.17, 15) is 4.79 Å². The molecular formula is C20H33BN4O3. The van der Waals surface area contributed by atoms with E-state index in [-0.39, 0.29) is 23.2 Å². The standard InChI is InChI=1S/C20H33BN4O3/c1-14(2)25(13-16-8-9-24(12-16)15(3)26)18-22-10-17(11-23-18)21-27-19(4,5)20(6,7)28-21/h10-11,14,16H,8-9,12-13H2,1-7H3/t16-/m1/s1. The Balaban J connectivity index is 1.69. The van der Waals surface area contributed by atoms with Gasteiger partial charge in [0.1, 0.15) is 0 Å². The molecule has 1 aromatic rings. The van der Waals surface area contributed by atoms with Crippen LogP contribution < -0.4 is 10.4 Å². The third kappa shape index (κ3) is 4.18. The topological polar surface area (TPSA) is 67.8 Å². The van der Waals surface area contributed by atoms with E-state index in [1.807, 2.05) is 32.6 Å². The molecule has 3 rings (SSSR count). The minimum absolute atomic E-state index is 0.154. The molecule has 0 spiro atoms. The predicted octanol–water partition coefficient (Wildman–Crippen LogP) is 1.86. The lowest BCUT2D eigenvalue weighted by Crippen LogP contribution is -2.41. The molecule has 0 aromatic carbocycles. The number of carbonyl (C=O) groups is 1. The summed E-state index contributed by atoms with van der Waals surface area (Å²) in [5, 5.41) is 0. The molecule has 1 amide bonds. The normalized spacial score (nSPS) is 23.5. The van der Waals surface area contributed by atoms with Gasteiger partial charge < -0.3 is 19.1 Å². The van der Waals surface area contributed by atoms with Gasteiger partial charge in [0.2, 0.25) is 11.9 Å². The van der Waals surface area contributed by atoms with Crippen LogP contribution in [-0.4, -0.2) is 64.8 Å². The molecular weight excluding hydrogens is 355 g/mol. The van der Waals surface area contributed by atoms with Crippen molar-refractivity contribution in [1.29, 1.82) is 0 Å². The second-order valence-electron chi connectivity index (χ2n) is 9.27. The van der Waals surface area contributed by atoms with Crippen molar-refractivity contribution in [2.45, 2.75) is 72.1 Å². The van der Waals surface area contributed by atoms with Crippen molar-refractivity contribution < 1.29 is 14.1 Å². The molecule has 7 nitrogen and oxygen atoms in total. The van der Waals surface area contributed by atoms with E-state index in [1.54, 1.807) is 19.3 Å². The Hall–Kier alpha value is -1.67. The highest BCUT2D eigenvalue weighted by molar-refractivity contribution is 6.61. The summed E-state index contributed by atoms with van der Waals surface area (Å²) in [7, 11) is -0.453. The maximum absolute atomic E-state index is 11.6. The van der Waals surface area contributed by atoms with E-state index in [4.69, 9.17) is 9.31 Å². The first-order valence-electron chi connectivity index (χ1n) is 10.2. The van der Waals surface area contributed by atoms with E-state index in [0.29, 0.717) is 11.9 Å². The van der Waals surface area contributed by atoms with Crippen LogP contribution in [0.5, 0.6) is 0 Å². The fraction of sp³-hybridized carbons (Fsp3) is 0.750. The lowest BCUT2D eigenvalue weighted by molar-refractivity contribution is -0.127. The molecule has 2 saturated heterocycles. The minimum atomic E-state index is -0.453. The first-order valence-corrected chi connectivity index (χ1v) is 10.2. The van der Waals surface area contributed by atoms with Gasteiger partial charge in [-0.05, 0) is 53.9 Å². The van der Waals surface area contributed by atoms with Crippen molar-refractivity contribution >= 4 is 24.4 Å². The fourth-order valence-corrected chi connectivity index (χ4v) is 3.65. The van der Waals surface area contributed by atoms with E-state index in [2.05, 4.69) is 28.7 Å². The molecule has 1 atom stereocenters. The first kappa shape index (κ1) is 21.1. The van der Waals surface area contributed by atoms with E-state index < -0.39 is 7.12 Å². The van der Waals surface area contributed by atoms with Crippen LogP contribution in [0.3, 0.4) is 0 Å². The average Bonchev–Trinajstić information content (AvgIpc) is 3.15. The van der Waals surface area contributed by atoms with Gasteiger partial charge in [0, 0.05) is 50.5 Å². The van der Waals surface area contributed by atoms with Gasteiger partial charge in [0.15, 0.2) is 0 Å². The van der Waals surface area contributed by atoms with Crippen LogP contribution in [0.2, 0.25) is 0 Å². The maximum Gasteiger partial charge on any atom is 0.498 e. The Labute approximate surface area is 168 Å². The third-order valence-corrected chi connectivity index (χ3v) is 6.25. The number of hydrogen-bond acceptors (Lipinski definition) is 6. The molecule has 3 heterocycles. The summed E-state index contributed by atoms with van der Waals surface area (Å²) in [4.78, 5) is 25.0. The molecule has 8 heteroatoms. The number of anilines is 1. The molecule has 28 heavy (non-hydrogen) atoms. The largest absolute Gasteiger partial charge is 0.498 e. The summed E-state index contributed by atoms with van der Waals surface area (Å²) < 4.78 is 12.2. The zero-order chi connectivity index (χ0) is 20.7. The monoisotopic (exact) mass is 388 g/mol. The summed E-state index contributed by atoms with van der Waals surface area (Å²) >= 11 is 0. The number of hydrogen-bond donors (Lipinski definition) is 0. The molecule has 2 fully saturated rings. The van der Waals surface area contributed by atoms with Crippen LogP contribution in [0.25, 0.3) is 0 Å². The SMILES string of the molecule is CC(=O)N1CC[C@@H](CN(c2ncc(B3OC(C)(C)C(C)(C)O3)cn2)C(C)C)C1. The molecule has 0 N–H and O–H groups in total. The zero-order valence-electron chi connectivity index (χ0n) is 18.2. The van der Waals surface area contributed by atoms with Gasteiger partial charge in [0.25, 0.3) is 0 Å². The van der Waals surface area contributed by atoms with Gasteiger partial charge in [-0.25, -0.2) is 9.97 Å². The van der Waals surface area contributed by atoms with Gasteiger partial charge in [-0.3, -0.25) is 4.79 Å². The Morgan fingerprint density at radius 2 is 1.82 bits per heavy atom. The Kier molecular flexibility index (Phi) is 5.74. The van der Waals surface area contributed by atoms with Crippen molar-refractivity contribution in [2.75, 3.05) is 24.5 Å². The number of carbonyl (C=O) groups excluding carboxylic acids is 1. The predicted molar refractivity (Wildman–Crippen MR) is 111 cm³/mol. The van der Waals surface area contributed by atoms with Crippen LogP contribution in [0.15, 0.2) is 12.4 Å². The highest BCUT2D eigenvalue weighted by Crippen LogP contribution is 2.36. The van der Waals surface area contributed by atoms with Crippen LogP contribution in [0.4, 0.5) is 5.95 Å². The van der Waals surface area contributed by atoms with E-state index in [0.717, 1.165) is 31.5 Å². The van der Waals surface area contributed by atoms with E-state index in [1.165, 1.54) is 0 Å². The molecule has 0 radical (unpaired) electrons. The molecule has 0 unspecified atom stereocenters. The number of likely N-dealkylation sites (tertiary alicyclic amines) is 1. The quantitative estimate of drug-likeness (QED) is 0.718. The van der Waals surface area contributed by atoms with Crippen molar-refractivity contribution in [1.82, 2.24) is 14.9 Å². The van der Waals surface area contributed by atoms with Crippen LogP contribution in [0.1, 0.15) is 54.9 Å². The Morgan fingerprint density at radius 3 is 2.29 bits per heavy atom. The summed E-state index contributed by atoms with van der Waals surface area (Å²) in [5.41, 5.74) is 0.0613. The lowest BCUT2D eigenvalue weighted by Gasteiger charge is -2.32. The van der Waals surface area contributed by atoms with Crippen molar-refractivity contribution in [3.8, 4) is 0 Å². The summed E-state index contributed by atoms with van der Waals surface area (Å²) in [5.74, 6) is 1.30. The van der Waals surface area contributed by atoms with Crippen LogP contribution in [-0.2, 0) is 14.1 Å². The van der Waals surface area contributed by atoms with Crippen molar-refractivity contribution in [2.24, 2.45) is 5.92 Å². The first-order chi connectivity index (χ1) is 13.0. The average molecular weight is 388 g/mol. The van der Waals surface area contributed by atoms with Crippen molar-refractivity contribution in [3.63, 3.8) is 0 Å². The molecule has 0 saturated carbocycles. The second-order valence-corrected chi connectivity index (χ2v) is 9.27. The van der Waals surface area contributed by atoms with E-state index >= 15 is 0 Å². The fourth-order valence-electron chi connectivity index (χ4n) is 3.65. The summed E-state index contributed by atoms with van der Waals surface area (Å²) in [6, 6.07) is 0.272. The molecule has 2 aliphatic heterocycles. The molecule has 0 aliphatic carbocycles. The van der Waals surface area contributed by atoms with Gasteiger partial charge in [0.05, 0.1) is 11.2 Å². The minimum Gasteiger partial charge on any atom is -0.399 e. The van der Waals surface area contributed by atoms with Crippen LogP contribution >= 0.6 is 0 Å². The summed E-state index contributed by atoms with van der Waals surface area (Å²) in [6.45, 7) is 16.6. The summed E-state index contributed by atoms with van der Waals surface area (Å²) in [6.07, 6.45) is 4.63. The zero-order valence-corrected chi connectivity index (χ0v) is 18.2. The third-order valence-electron chi connectivity index (χ3n) is 6.25. The smallest absolute Gasteiger partial charge is 0.399 e. The maximum atomic E-state index is 11.6. The van der Waals surface area contributed by atoms with Gasteiger partial charge in [-0.1, -0.05) is 0 Å². The highest BCUT2D eigenvalue weighted by Gasteiger charge is 2.52. The van der Waals surface area contributed by atoms with Gasteiger partial charge in [-0.15, -0.1) is 0 Å². The number of amides is 1. The van der Waals surface area contributed by atoms with Gasteiger partial charge in [-0.2, -0.15) is 0 Å². The number of aromatic nitrogens is 2. The lowest BCUT2D eigenvalue weighted by atomic mass is 9.81. The molecule has 1 aromatic heterocycles.